The lowest BCUT2D eigenvalue weighted by Gasteiger charge is -2.26. The predicted octanol–water partition coefficient (Wildman–Crippen LogP) is 0.919. The SMILES string of the molecule is CCC(C)N(CCOC)S(=O)(=O)c1cc(CN)n(C)c1. The van der Waals surface area contributed by atoms with Gasteiger partial charge in [0.15, 0.2) is 0 Å². The molecule has 0 aliphatic carbocycles. The first-order valence-electron chi connectivity index (χ1n) is 6.74. The Balaban J connectivity index is 3.14. The van der Waals surface area contributed by atoms with Crippen LogP contribution >= 0.6 is 0 Å². The summed E-state index contributed by atoms with van der Waals surface area (Å²) in [7, 11) is -0.158. The Morgan fingerprint density at radius 1 is 1.50 bits per heavy atom. The third-order valence-corrected chi connectivity index (χ3v) is 5.48. The van der Waals surface area contributed by atoms with Crippen molar-refractivity contribution in [3.8, 4) is 0 Å². The number of methoxy groups -OCH3 is 1. The Hall–Kier alpha value is -0.890. The van der Waals surface area contributed by atoms with E-state index in [0.717, 1.165) is 12.1 Å². The van der Waals surface area contributed by atoms with Gasteiger partial charge in [-0.05, 0) is 19.4 Å². The highest BCUT2D eigenvalue weighted by Gasteiger charge is 2.29. The highest BCUT2D eigenvalue weighted by molar-refractivity contribution is 7.89. The number of aromatic nitrogens is 1. The average molecular weight is 303 g/mol. The molecule has 0 saturated heterocycles. The van der Waals surface area contributed by atoms with Crippen LogP contribution in [0.2, 0.25) is 0 Å². The van der Waals surface area contributed by atoms with Crippen molar-refractivity contribution < 1.29 is 13.2 Å². The summed E-state index contributed by atoms with van der Waals surface area (Å²) in [6, 6.07) is 1.56. The van der Waals surface area contributed by atoms with E-state index in [-0.39, 0.29) is 10.9 Å². The van der Waals surface area contributed by atoms with Gasteiger partial charge in [0.2, 0.25) is 10.0 Å². The van der Waals surface area contributed by atoms with Crippen molar-refractivity contribution in [2.45, 2.75) is 37.8 Å². The van der Waals surface area contributed by atoms with E-state index in [1.807, 2.05) is 13.8 Å². The number of nitrogens with zero attached hydrogens (tertiary/aromatic N) is 2. The van der Waals surface area contributed by atoms with Gasteiger partial charge in [-0.2, -0.15) is 4.31 Å². The third-order valence-electron chi connectivity index (χ3n) is 3.50. The van der Waals surface area contributed by atoms with E-state index in [9.17, 15) is 8.42 Å². The van der Waals surface area contributed by atoms with Gasteiger partial charge in [-0.3, -0.25) is 0 Å². The highest BCUT2D eigenvalue weighted by Crippen LogP contribution is 2.21. The van der Waals surface area contributed by atoms with Crippen molar-refractivity contribution in [3.05, 3.63) is 18.0 Å². The van der Waals surface area contributed by atoms with Crippen LogP contribution in [0.5, 0.6) is 0 Å². The molecule has 7 heteroatoms. The molecular weight excluding hydrogens is 278 g/mol. The van der Waals surface area contributed by atoms with E-state index in [0.29, 0.717) is 19.7 Å². The molecule has 1 aromatic heterocycles. The summed E-state index contributed by atoms with van der Waals surface area (Å²) in [6.07, 6.45) is 2.36. The van der Waals surface area contributed by atoms with E-state index in [2.05, 4.69) is 0 Å². The van der Waals surface area contributed by atoms with Crippen LogP contribution in [0.4, 0.5) is 0 Å². The zero-order valence-electron chi connectivity index (χ0n) is 12.7. The van der Waals surface area contributed by atoms with Crippen molar-refractivity contribution in [1.29, 1.82) is 0 Å². The number of hydrogen-bond acceptors (Lipinski definition) is 4. The summed E-state index contributed by atoms with van der Waals surface area (Å²) >= 11 is 0. The monoisotopic (exact) mass is 303 g/mol. The van der Waals surface area contributed by atoms with Crippen molar-refractivity contribution in [2.24, 2.45) is 12.8 Å². The topological polar surface area (TPSA) is 77.6 Å². The van der Waals surface area contributed by atoms with Gasteiger partial charge in [-0.1, -0.05) is 6.92 Å². The molecule has 0 spiro atoms. The Morgan fingerprint density at radius 2 is 2.15 bits per heavy atom. The second-order valence-corrected chi connectivity index (χ2v) is 6.74. The molecular formula is C13H25N3O3S. The van der Waals surface area contributed by atoms with Crippen molar-refractivity contribution in [2.75, 3.05) is 20.3 Å². The predicted molar refractivity (Wildman–Crippen MR) is 78.8 cm³/mol. The molecule has 1 heterocycles. The first-order chi connectivity index (χ1) is 9.38. The van der Waals surface area contributed by atoms with E-state index < -0.39 is 10.0 Å². The van der Waals surface area contributed by atoms with Gasteiger partial charge in [-0.25, -0.2) is 8.42 Å². The smallest absolute Gasteiger partial charge is 0.244 e. The van der Waals surface area contributed by atoms with E-state index in [1.165, 1.54) is 4.31 Å². The summed E-state index contributed by atoms with van der Waals surface area (Å²) in [5.74, 6) is 0. The molecule has 1 atom stereocenters. The van der Waals surface area contributed by atoms with Gasteiger partial charge in [0.25, 0.3) is 0 Å². The molecule has 0 saturated carbocycles. The molecule has 0 aliphatic rings. The van der Waals surface area contributed by atoms with Crippen molar-refractivity contribution >= 4 is 10.0 Å². The number of rotatable bonds is 8. The fourth-order valence-corrected chi connectivity index (χ4v) is 3.80. The lowest BCUT2D eigenvalue weighted by atomic mass is 10.3. The molecule has 2 N–H and O–H groups in total. The maximum Gasteiger partial charge on any atom is 0.244 e. The van der Waals surface area contributed by atoms with Gasteiger partial charge in [0, 0.05) is 45.2 Å². The van der Waals surface area contributed by atoms with E-state index >= 15 is 0 Å². The summed E-state index contributed by atoms with van der Waals surface area (Å²) in [5.41, 5.74) is 6.39. The summed E-state index contributed by atoms with van der Waals surface area (Å²) < 4.78 is 33.7. The zero-order chi connectivity index (χ0) is 15.3. The number of sulfonamides is 1. The fraction of sp³-hybridized carbons (Fsp3) is 0.692. The molecule has 0 radical (unpaired) electrons. The lowest BCUT2D eigenvalue weighted by molar-refractivity contribution is 0.167. The standard InChI is InChI=1S/C13H25N3O3S/c1-5-11(2)16(6-7-19-4)20(17,18)13-8-12(9-14)15(3)10-13/h8,10-11H,5-7,9,14H2,1-4H3. The Bertz CT molecular complexity index is 525. The largest absolute Gasteiger partial charge is 0.383 e. The van der Waals surface area contributed by atoms with Gasteiger partial charge >= 0.3 is 0 Å². The first kappa shape index (κ1) is 17.2. The van der Waals surface area contributed by atoms with Crippen molar-refractivity contribution in [3.63, 3.8) is 0 Å². The Morgan fingerprint density at radius 3 is 2.60 bits per heavy atom. The molecule has 1 rings (SSSR count). The molecule has 0 bridgehead atoms. The Labute approximate surface area is 121 Å². The average Bonchev–Trinajstić information content (AvgIpc) is 2.80. The fourth-order valence-electron chi connectivity index (χ4n) is 2.02. The maximum atomic E-state index is 12.7. The van der Waals surface area contributed by atoms with Crippen LogP contribution in [0.3, 0.4) is 0 Å². The highest BCUT2D eigenvalue weighted by atomic mass is 32.2. The van der Waals surface area contributed by atoms with Crippen LogP contribution in [0.1, 0.15) is 26.0 Å². The minimum absolute atomic E-state index is 0.0725. The minimum Gasteiger partial charge on any atom is -0.383 e. The van der Waals surface area contributed by atoms with Gasteiger partial charge in [0.05, 0.1) is 6.61 Å². The quantitative estimate of drug-likeness (QED) is 0.774. The van der Waals surface area contributed by atoms with Crippen molar-refractivity contribution in [1.82, 2.24) is 8.87 Å². The first-order valence-corrected chi connectivity index (χ1v) is 8.18. The minimum atomic E-state index is -3.52. The number of nitrogens with two attached hydrogens (primary N) is 1. The lowest BCUT2D eigenvalue weighted by Crippen LogP contribution is -2.40. The third kappa shape index (κ3) is 3.60. The zero-order valence-corrected chi connectivity index (χ0v) is 13.5. The molecule has 0 fully saturated rings. The molecule has 0 aromatic carbocycles. The second kappa shape index (κ2) is 7.21. The van der Waals surface area contributed by atoms with Crippen LogP contribution in [0.15, 0.2) is 17.2 Å². The summed E-state index contributed by atoms with van der Waals surface area (Å²) in [6.45, 7) is 4.91. The second-order valence-electron chi connectivity index (χ2n) is 4.85. The van der Waals surface area contributed by atoms with Crippen LogP contribution in [-0.4, -0.2) is 43.6 Å². The van der Waals surface area contributed by atoms with Gasteiger partial charge < -0.3 is 15.0 Å². The molecule has 116 valence electrons. The molecule has 20 heavy (non-hydrogen) atoms. The number of aryl methyl sites for hydroxylation is 1. The van der Waals surface area contributed by atoms with Crippen LogP contribution < -0.4 is 5.73 Å². The molecule has 1 unspecified atom stereocenters. The van der Waals surface area contributed by atoms with Crippen LogP contribution in [0, 0.1) is 0 Å². The van der Waals surface area contributed by atoms with Crippen LogP contribution in [-0.2, 0) is 28.4 Å². The van der Waals surface area contributed by atoms with E-state index in [4.69, 9.17) is 10.5 Å². The van der Waals surface area contributed by atoms with E-state index in [1.54, 1.807) is 31.0 Å². The number of hydrogen-bond donors (Lipinski definition) is 1. The summed E-state index contributed by atoms with van der Waals surface area (Å²) in [5, 5.41) is 0. The summed E-state index contributed by atoms with van der Waals surface area (Å²) in [4.78, 5) is 0.289. The molecule has 0 amide bonds. The van der Waals surface area contributed by atoms with Gasteiger partial charge in [0.1, 0.15) is 4.90 Å². The number of ether oxygens (including phenoxy) is 1. The molecule has 6 nitrogen and oxygen atoms in total. The van der Waals surface area contributed by atoms with Crippen LogP contribution in [0.25, 0.3) is 0 Å². The molecule has 1 aromatic rings. The maximum absolute atomic E-state index is 12.7. The molecule has 0 aliphatic heterocycles. The Kier molecular flexibility index (Phi) is 6.19. The normalized spacial score (nSPS) is 13.9. The van der Waals surface area contributed by atoms with Gasteiger partial charge in [-0.15, -0.1) is 0 Å².